The lowest BCUT2D eigenvalue weighted by molar-refractivity contribution is -0.130. The summed E-state index contributed by atoms with van der Waals surface area (Å²) in [7, 11) is 0. The van der Waals surface area contributed by atoms with Gasteiger partial charge in [0.2, 0.25) is 11.9 Å². The number of hydrogen-bond donors (Lipinski definition) is 14. The summed E-state index contributed by atoms with van der Waals surface area (Å²) in [6, 6.07) is 17.5. The summed E-state index contributed by atoms with van der Waals surface area (Å²) in [5, 5.41) is 107. The van der Waals surface area contributed by atoms with Gasteiger partial charge in [-0.15, -0.1) is 0 Å². The van der Waals surface area contributed by atoms with E-state index >= 15 is 0 Å². The van der Waals surface area contributed by atoms with E-state index in [2.05, 4.69) is 47.6 Å². The number of guanidine groups is 1. The average Bonchev–Trinajstić information content (AvgIpc) is 3.81. The number of nitrogens with one attached hydrogen (secondary N) is 4. The quantitative estimate of drug-likeness (QED) is 0.0200. The molecule has 3 amide bonds. The van der Waals surface area contributed by atoms with Crippen molar-refractivity contribution in [3.63, 3.8) is 0 Å². The van der Waals surface area contributed by atoms with Gasteiger partial charge in [0.05, 0.1) is 25.4 Å². The molecule has 8 atom stereocenters. The van der Waals surface area contributed by atoms with Crippen molar-refractivity contribution in [1.82, 2.24) is 35.8 Å². The third-order valence-electron chi connectivity index (χ3n) is 10.9. The molecule has 2 aromatic carbocycles. The topological polar surface area (TPSA) is 368 Å². The zero-order chi connectivity index (χ0) is 51.5. The van der Waals surface area contributed by atoms with E-state index in [-0.39, 0.29) is 49.4 Å². The van der Waals surface area contributed by atoms with Crippen LogP contribution in [0.15, 0.2) is 70.8 Å². The minimum Gasteiger partial charge on any atom is -0.444 e. The number of amides is 3. The maximum Gasteiger partial charge on any atom is 0.414 e. The lowest BCUT2D eigenvalue weighted by Crippen LogP contribution is -2.54. The van der Waals surface area contributed by atoms with Crippen LogP contribution in [0.3, 0.4) is 0 Å². The number of nitrogens with zero attached hydrogens (tertiary/aromatic N) is 5. The molecule has 2 heterocycles. The highest BCUT2D eigenvalue weighted by atomic mass is 16.6. The number of carbonyl (C=O) groups is 3. The number of carbonyl (C=O) groups excluding carboxylic acids is 3. The van der Waals surface area contributed by atoms with Gasteiger partial charge in [0.1, 0.15) is 47.7 Å². The molecule has 0 saturated carbocycles. The van der Waals surface area contributed by atoms with E-state index < -0.39 is 92.7 Å². The van der Waals surface area contributed by atoms with Gasteiger partial charge in [-0.3, -0.25) is 30.1 Å². The Labute approximate surface area is 404 Å². The number of aliphatic imine (C=N–C) groups is 2. The van der Waals surface area contributed by atoms with Crippen LogP contribution in [0.25, 0.3) is 22.3 Å². The number of H-pyrrole nitrogens is 1. The van der Waals surface area contributed by atoms with Gasteiger partial charge in [0, 0.05) is 45.3 Å². The second-order valence-electron chi connectivity index (χ2n) is 17.6. The van der Waals surface area contributed by atoms with E-state index in [9.17, 15) is 55.2 Å². The fourth-order valence-corrected chi connectivity index (χ4v) is 6.99. The van der Waals surface area contributed by atoms with Gasteiger partial charge in [-0.05, 0) is 81.5 Å². The summed E-state index contributed by atoms with van der Waals surface area (Å²) in [6.07, 6.45) is -11.2. The lowest BCUT2D eigenvalue weighted by Gasteiger charge is -2.33. The molecule has 0 spiro atoms. The highest BCUT2D eigenvalue weighted by Gasteiger charge is 2.34. The van der Waals surface area contributed by atoms with E-state index in [0.29, 0.717) is 24.0 Å². The zero-order valence-electron chi connectivity index (χ0n) is 39.4. The monoisotopic (exact) mass is 981 g/mol. The number of benzene rings is 2. The van der Waals surface area contributed by atoms with Crippen molar-refractivity contribution < 1.29 is 70.2 Å². The molecule has 384 valence electrons. The summed E-state index contributed by atoms with van der Waals surface area (Å²) < 4.78 is 5.36. The Hall–Kier alpha value is -5.83. The van der Waals surface area contributed by atoms with E-state index in [1.807, 2.05) is 48.5 Å². The summed E-state index contributed by atoms with van der Waals surface area (Å²) in [6.45, 7) is 6.10. The lowest BCUT2D eigenvalue weighted by atomic mass is 9.99. The predicted octanol–water partition coefficient (Wildman–Crippen LogP) is -1.19. The van der Waals surface area contributed by atoms with Gasteiger partial charge >= 0.3 is 6.09 Å². The van der Waals surface area contributed by atoms with E-state index in [1.54, 1.807) is 33.0 Å². The van der Waals surface area contributed by atoms with Crippen LogP contribution in [0.2, 0.25) is 0 Å². The molecule has 0 unspecified atom stereocenters. The largest absolute Gasteiger partial charge is 0.444 e. The SMILES string of the molecule is C=Nc1nc2[nH]ccc2nc1C(=O)NC(=NCCCCc1ccc(-c2ccc(CCC(=O)NCCN(C[C@H](O)[C@@H](O)[C@H](O)[C@H](O)CO)C[C@H](O)[C@@H](O)[C@H](O)[C@H](O)CO)cc2)cc1)NC(=O)OC(C)(C)C. The number of alkyl carbamates (subject to hydrolysis) is 1. The van der Waals surface area contributed by atoms with Crippen LogP contribution in [0.4, 0.5) is 10.6 Å². The highest BCUT2D eigenvalue weighted by molar-refractivity contribution is 6.10. The molecule has 0 bridgehead atoms. The minimum atomic E-state index is -1.93. The summed E-state index contributed by atoms with van der Waals surface area (Å²) in [5.74, 6) is -1.14. The van der Waals surface area contributed by atoms with Crippen molar-refractivity contribution in [3.8, 4) is 11.1 Å². The summed E-state index contributed by atoms with van der Waals surface area (Å²) in [4.78, 5) is 59.8. The number of aromatic nitrogens is 3. The third-order valence-corrected chi connectivity index (χ3v) is 10.9. The van der Waals surface area contributed by atoms with Crippen molar-refractivity contribution in [2.75, 3.05) is 45.9 Å². The molecule has 4 rings (SSSR count). The van der Waals surface area contributed by atoms with Crippen LogP contribution in [0.5, 0.6) is 0 Å². The number of hydrogen-bond acceptors (Lipinski definition) is 19. The van der Waals surface area contributed by atoms with Gasteiger partial charge in [0.15, 0.2) is 17.2 Å². The van der Waals surface area contributed by atoms with Crippen LogP contribution in [-0.2, 0) is 22.4 Å². The van der Waals surface area contributed by atoms with Crippen LogP contribution >= 0.6 is 0 Å². The van der Waals surface area contributed by atoms with Crippen LogP contribution in [0, 0.1) is 0 Å². The first-order valence-electron chi connectivity index (χ1n) is 22.7. The summed E-state index contributed by atoms with van der Waals surface area (Å²) >= 11 is 0. The van der Waals surface area contributed by atoms with Crippen molar-refractivity contribution in [2.45, 2.75) is 107 Å². The first kappa shape index (κ1) is 56.8. The Kier molecular flexibility index (Phi) is 22.3. The molecule has 0 aliphatic heterocycles. The molecule has 70 heavy (non-hydrogen) atoms. The second-order valence-corrected chi connectivity index (χ2v) is 17.6. The van der Waals surface area contributed by atoms with Gasteiger partial charge < -0.3 is 66.1 Å². The zero-order valence-corrected chi connectivity index (χ0v) is 39.4. The number of aromatic amines is 1. The van der Waals surface area contributed by atoms with E-state index in [1.165, 1.54) is 4.90 Å². The van der Waals surface area contributed by atoms with Gasteiger partial charge in [0.25, 0.3) is 5.91 Å². The van der Waals surface area contributed by atoms with Crippen molar-refractivity contribution in [1.29, 1.82) is 0 Å². The Morgan fingerprint density at radius 2 is 1.29 bits per heavy atom. The fraction of sp³-hybridized carbons (Fsp3) is 0.511. The second kappa shape index (κ2) is 27.5. The van der Waals surface area contributed by atoms with Crippen LogP contribution in [0.1, 0.15) is 61.6 Å². The molecular weight excluding hydrogens is 915 g/mol. The highest BCUT2D eigenvalue weighted by Crippen LogP contribution is 2.22. The Balaban J connectivity index is 1.26. The average molecular weight is 982 g/mol. The first-order valence-corrected chi connectivity index (χ1v) is 22.7. The predicted molar refractivity (Wildman–Crippen MR) is 257 cm³/mol. The molecule has 0 saturated heterocycles. The number of unbranched alkanes of at least 4 members (excludes halogenated alkanes) is 1. The molecule has 0 radical (unpaired) electrons. The van der Waals surface area contributed by atoms with E-state index in [0.717, 1.165) is 35.1 Å². The van der Waals surface area contributed by atoms with Crippen molar-refractivity contribution in [2.24, 2.45) is 9.98 Å². The number of aliphatic hydroxyl groups excluding tert-OH is 10. The van der Waals surface area contributed by atoms with Crippen LogP contribution in [-0.4, -0.2) is 202 Å². The number of aliphatic hydroxyl groups is 10. The van der Waals surface area contributed by atoms with Gasteiger partial charge in [-0.1, -0.05) is 48.5 Å². The fourth-order valence-electron chi connectivity index (χ4n) is 6.99. The Bertz CT molecular complexity index is 2280. The smallest absolute Gasteiger partial charge is 0.414 e. The maximum absolute atomic E-state index is 13.3. The minimum absolute atomic E-state index is 0.00264. The number of fused-ring (bicyclic) bond motifs is 1. The van der Waals surface area contributed by atoms with E-state index in [4.69, 9.17) is 14.9 Å². The molecule has 2 aromatic heterocycles. The number of aryl methyl sites for hydroxylation is 2. The first-order chi connectivity index (χ1) is 33.2. The van der Waals surface area contributed by atoms with Gasteiger partial charge in [-0.2, -0.15) is 0 Å². The molecule has 4 aromatic rings. The number of ether oxygens (including phenoxy) is 1. The molecule has 23 heteroatoms. The molecule has 0 aliphatic rings. The Morgan fingerprint density at radius 3 is 1.81 bits per heavy atom. The van der Waals surface area contributed by atoms with Crippen LogP contribution < -0.4 is 16.0 Å². The van der Waals surface area contributed by atoms with Gasteiger partial charge in [-0.25, -0.2) is 19.8 Å². The van der Waals surface area contributed by atoms with Crippen molar-refractivity contribution >= 4 is 47.6 Å². The Morgan fingerprint density at radius 1 is 0.743 bits per heavy atom. The summed E-state index contributed by atoms with van der Waals surface area (Å²) in [5.41, 5.74) is 3.92. The number of rotatable bonds is 26. The molecule has 0 fully saturated rings. The molecule has 0 aliphatic carbocycles. The molecule has 23 nitrogen and oxygen atoms in total. The van der Waals surface area contributed by atoms with Crippen molar-refractivity contribution in [3.05, 3.63) is 77.6 Å². The third kappa shape index (κ3) is 17.8. The molecule has 14 N–H and O–H groups in total. The molecular formula is C47H67N9O14. The maximum atomic E-state index is 13.3. The normalized spacial score (nSPS) is 15.6. The standard InChI is InChI=1S/C47H67N9O14/c1-47(2,3)70-46(69)55-45(54-44(68)37-43(48-4)53-42-31(52-37)18-20-50-42)51-19-6-5-7-27-8-13-29(14-9-27)30-15-10-28(11-16-30)12-17-36(63)49-21-22-56(23-32(59)38(64)40(66)34(61)25-57)24-33(60)39(65)41(67)35(62)26-58/h8-11,13-16,18,20,32-35,38-41,57-62,64-67H,4-7,12,17,19,21-26H2,1-3H3,(H,49,63)(H,50,53)(H2,51,54,55,68,69)/t32-,33-,34+,35+,38+,39+,40+,41+/m0/s1.